The van der Waals surface area contributed by atoms with Gasteiger partial charge in [0.15, 0.2) is 0 Å². The molecule has 0 aromatic heterocycles. The maximum absolute atomic E-state index is 13.3. The molecule has 1 amide bonds. The van der Waals surface area contributed by atoms with Gasteiger partial charge in [0.1, 0.15) is 0 Å². The summed E-state index contributed by atoms with van der Waals surface area (Å²) in [6.07, 6.45) is 2.26. The van der Waals surface area contributed by atoms with Crippen molar-refractivity contribution in [3.63, 3.8) is 0 Å². The number of hydrogen-bond donors (Lipinski definition) is 1. The summed E-state index contributed by atoms with van der Waals surface area (Å²) in [5, 5.41) is 3.42. The summed E-state index contributed by atoms with van der Waals surface area (Å²) in [6.45, 7) is 5.60. The van der Waals surface area contributed by atoms with E-state index in [1.807, 2.05) is 35.2 Å². The fourth-order valence-corrected chi connectivity index (χ4v) is 4.13. The number of amides is 1. The summed E-state index contributed by atoms with van der Waals surface area (Å²) >= 11 is 0. The molecule has 0 radical (unpaired) electrons. The minimum absolute atomic E-state index is 0.126. The Bertz CT molecular complexity index is 942. The lowest BCUT2D eigenvalue weighted by Crippen LogP contribution is -2.39. The van der Waals surface area contributed by atoms with Crippen molar-refractivity contribution in [2.75, 3.05) is 19.6 Å². The Hall–Kier alpha value is -2.91. The first-order valence-corrected chi connectivity index (χ1v) is 10.9. The highest BCUT2D eigenvalue weighted by Crippen LogP contribution is 2.22. The molecule has 0 saturated carbocycles. The molecule has 0 bridgehead atoms. The van der Waals surface area contributed by atoms with Crippen LogP contribution in [0, 0.1) is 12.8 Å². The highest BCUT2D eigenvalue weighted by atomic mass is 16.2. The fourth-order valence-electron chi connectivity index (χ4n) is 4.13. The highest BCUT2D eigenvalue weighted by Gasteiger charge is 2.22. The average Bonchev–Trinajstić information content (AvgIpc) is 2.80. The minimum Gasteiger partial charge on any atom is -0.334 e. The first kappa shape index (κ1) is 20.4. The van der Waals surface area contributed by atoms with Gasteiger partial charge >= 0.3 is 0 Å². The zero-order valence-electron chi connectivity index (χ0n) is 17.7. The van der Waals surface area contributed by atoms with Gasteiger partial charge in [-0.2, -0.15) is 0 Å². The van der Waals surface area contributed by atoms with Gasteiger partial charge in [0, 0.05) is 18.7 Å². The van der Waals surface area contributed by atoms with E-state index < -0.39 is 0 Å². The number of aryl methyl sites for hydroxylation is 1. The van der Waals surface area contributed by atoms with Crippen molar-refractivity contribution in [3.05, 3.63) is 95.6 Å². The van der Waals surface area contributed by atoms with Gasteiger partial charge < -0.3 is 10.2 Å². The number of hydrogen-bond acceptors (Lipinski definition) is 2. The molecule has 30 heavy (non-hydrogen) atoms. The van der Waals surface area contributed by atoms with Crippen LogP contribution >= 0.6 is 0 Å². The lowest BCUT2D eigenvalue weighted by atomic mass is 9.96. The quantitative estimate of drug-likeness (QED) is 0.611. The number of piperidine rings is 1. The molecule has 3 heteroatoms. The summed E-state index contributed by atoms with van der Waals surface area (Å²) in [5.74, 6) is 0.685. The average molecular weight is 399 g/mol. The first-order valence-electron chi connectivity index (χ1n) is 10.9. The van der Waals surface area contributed by atoms with Gasteiger partial charge in [-0.15, -0.1) is 0 Å². The van der Waals surface area contributed by atoms with Crippen LogP contribution in [-0.4, -0.2) is 30.4 Å². The summed E-state index contributed by atoms with van der Waals surface area (Å²) < 4.78 is 0. The molecule has 3 aromatic rings. The van der Waals surface area contributed by atoms with E-state index in [-0.39, 0.29) is 5.91 Å². The molecule has 1 saturated heterocycles. The van der Waals surface area contributed by atoms with E-state index in [2.05, 4.69) is 60.8 Å². The van der Waals surface area contributed by atoms with Crippen LogP contribution in [0.15, 0.2) is 78.9 Å². The van der Waals surface area contributed by atoms with E-state index in [9.17, 15) is 4.79 Å². The van der Waals surface area contributed by atoms with E-state index >= 15 is 0 Å². The molecule has 0 aliphatic carbocycles. The third-order valence-corrected chi connectivity index (χ3v) is 5.96. The van der Waals surface area contributed by atoms with E-state index in [4.69, 9.17) is 0 Å². The smallest absolute Gasteiger partial charge is 0.254 e. The maximum atomic E-state index is 13.3. The molecular formula is C27H30N2O. The van der Waals surface area contributed by atoms with Gasteiger partial charge in [0.2, 0.25) is 0 Å². The van der Waals surface area contributed by atoms with Crippen molar-refractivity contribution in [2.24, 2.45) is 5.92 Å². The zero-order valence-corrected chi connectivity index (χ0v) is 17.7. The summed E-state index contributed by atoms with van der Waals surface area (Å²) in [7, 11) is 0. The molecule has 1 aliphatic heterocycles. The van der Waals surface area contributed by atoms with Crippen LogP contribution in [-0.2, 0) is 6.54 Å². The normalized spacial score (nSPS) is 14.4. The lowest BCUT2D eigenvalue weighted by molar-refractivity contribution is 0.0702. The molecule has 0 unspecified atom stereocenters. The molecule has 0 spiro atoms. The van der Waals surface area contributed by atoms with Gasteiger partial charge in [0.05, 0.1) is 0 Å². The molecule has 4 rings (SSSR count). The Morgan fingerprint density at radius 3 is 2.17 bits per heavy atom. The maximum Gasteiger partial charge on any atom is 0.254 e. The van der Waals surface area contributed by atoms with Gasteiger partial charge in [-0.3, -0.25) is 4.79 Å². The molecule has 1 N–H and O–H groups in total. The summed E-state index contributed by atoms with van der Waals surface area (Å²) in [5.41, 5.74) is 5.54. The Labute approximate surface area is 179 Å². The van der Waals surface area contributed by atoms with Crippen LogP contribution in [0.5, 0.6) is 0 Å². The van der Waals surface area contributed by atoms with Gasteiger partial charge in [-0.25, -0.2) is 0 Å². The SMILES string of the molecule is Cc1ccc(C(=O)N(Cc2ccc(-c3ccccc3)cc2)CC2CCNCC2)cc1. The second kappa shape index (κ2) is 9.73. The molecular weight excluding hydrogens is 368 g/mol. The van der Waals surface area contributed by atoms with Crippen molar-refractivity contribution < 1.29 is 4.79 Å². The molecule has 154 valence electrons. The van der Waals surface area contributed by atoms with Crippen molar-refractivity contribution >= 4 is 5.91 Å². The topological polar surface area (TPSA) is 32.3 Å². The Morgan fingerprint density at radius 1 is 0.867 bits per heavy atom. The van der Waals surface area contributed by atoms with Crippen LogP contribution in [0.1, 0.15) is 34.3 Å². The van der Waals surface area contributed by atoms with Gasteiger partial charge in [-0.05, 0) is 67.6 Å². The van der Waals surface area contributed by atoms with Crippen LogP contribution in [0.25, 0.3) is 11.1 Å². The molecule has 3 aromatic carbocycles. The second-order valence-electron chi connectivity index (χ2n) is 8.31. The standard InChI is InChI=1S/C27H30N2O/c1-21-7-11-26(12-8-21)27(30)29(20-23-15-17-28-18-16-23)19-22-9-13-25(14-10-22)24-5-3-2-4-6-24/h2-14,23,28H,15-20H2,1H3. The monoisotopic (exact) mass is 398 g/mol. The number of rotatable bonds is 6. The zero-order chi connectivity index (χ0) is 20.8. The van der Waals surface area contributed by atoms with Crippen LogP contribution in [0.3, 0.4) is 0 Å². The van der Waals surface area contributed by atoms with Crippen molar-refractivity contribution in [1.82, 2.24) is 10.2 Å². The van der Waals surface area contributed by atoms with Crippen LogP contribution in [0.4, 0.5) is 0 Å². The van der Waals surface area contributed by atoms with Crippen molar-refractivity contribution in [1.29, 1.82) is 0 Å². The van der Waals surface area contributed by atoms with Crippen molar-refractivity contribution in [2.45, 2.75) is 26.3 Å². The third-order valence-electron chi connectivity index (χ3n) is 5.96. The van der Waals surface area contributed by atoms with Gasteiger partial charge in [-0.1, -0.05) is 72.3 Å². The molecule has 1 fully saturated rings. The Kier molecular flexibility index (Phi) is 6.60. The van der Waals surface area contributed by atoms with Gasteiger partial charge in [0.25, 0.3) is 5.91 Å². The number of nitrogens with one attached hydrogen (secondary N) is 1. The van der Waals surface area contributed by atoms with Crippen LogP contribution < -0.4 is 5.32 Å². The molecule has 3 nitrogen and oxygen atoms in total. The van der Waals surface area contributed by atoms with E-state index in [0.717, 1.165) is 38.0 Å². The van der Waals surface area contributed by atoms with Crippen molar-refractivity contribution in [3.8, 4) is 11.1 Å². The molecule has 1 heterocycles. The van der Waals surface area contributed by atoms with E-state index in [1.54, 1.807) is 0 Å². The summed E-state index contributed by atoms with van der Waals surface area (Å²) in [4.78, 5) is 15.4. The Morgan fingerprint density at radius 2 is 1.50 bits per heavy atom. The molecule has 0 atom stereocenters. The third kappa shape index (κ3) is 5.17. The largest absolute Gasteiger partial charge is 0.334 e. The lowest BCUT2D eigenvalue weighted by Gasteiger charge is -2.30. The number of carbonyl (C=O) groups excluding carboxylic acids is 1. The Balaban J connectivity index is 1.52. The number of nitrogens with zero attached hydrogens (tertiary/aromatic N) is 1. The molecule has 1 aliphatic rings. The fraction of sp³-hybridized carbons (Fsp3) is 0.296. The number of carbonyl (C=O) groups is 1. The van der Waals surface area contributed by atoms with E-state index in [1.165, 1.54) is 22.3 Å². The predicted molar refractivity (Wildman–Crippen MR) is 123 cm³/mol. The highest BCUT2D eigenvalue weighted by molar-refractivity contribution is 5.94. The summed E-state index contributed by atoms with van der Waals surface area (Å²) in [6, 6.07) is 27.0. The van der Waals surface area contributed by atoms with E-state index in [0.29, 0.717) is 12.5 Å². The first-order chi connectivity index (χ1) is 14.7. The second-order valence-corrected chi connectivity index (χ2v) is 8.31. The minimum atomic E-state index is 0.126. The predicted octanol–water partition coefficient (Wildman–Crippen LogP) is 5.30. The van der Waals surface area contributed by atoms with Crippen LogP contribution in [0.2, 0.25) is 0 Å². The number of benzene rings is 3.